The number of rotatable bonds is 6. The summed E-state index contributed by atoms with van der Waals surface area (Å²) in [5.41, 5.74) is 4.13. The molecule has 1 aromatic carbocycles. The van der Waals surface area contributed by atoms with E-state index in [1.807, 2.05) is 30.9 Å². The summed E-state index contributed by atoms with van der Waals surface area (Å²) in [5, 5.41) is 6.64. The zero-order chi connectivity index (χ0) is 23.5. The number of benzene rings is 1. The average Bonchev–Trinajstić information content (AvgIpc) is 3.60. The van der Waals surface area contributed by atoms with E-state index in [0.29, 0.717) is 35.3 Å². The Bertz CT molecular complexity index is 1020. The van der Waals surface area contributed by atoms with Crippen molar-refractivity contribution in [3.05, 3.63) is 57.9 Å². The number of urea groups is 1. The topological polar surface area (TPSA) is 77.6 Å². The van der Waals surface area contributed by atoms with E-state index in [1.54, 1.807) is 18.3 Å². The molecular formula is C25H32ClN5O2. The van der Waals surface area contributed by atoms with Crippen molar-refractivity contribution in [3.8, 4) is 0 Å². The first-order valence-corrected chi connectivity index (χ1v) is 12.0. The van der Waals surface area contributed by atoms with Gasteiger partial charge in [-0.1, -0.05) is 11.6 Å². The van der Waals surface area contributed by atoms with Crippen molar-refractivity contribution in [2.24, 2.45) is 5.92 Å². The van der Waals surface area contributed by atoms with E-state index in [0.717, 1.165) is 36.5 Å². The maximum atomic E-state index is 12.7. The Balaban J connectivity index is 1.39. The highest BCUT2D eigenvalue weighted by Crippen LogP contribution is 2.28. The lowest BCUT2D eigenvalue weighted by Crippen LogP contribution is -2.56. The molecule has 1 aliphatic heterocycles. The molecular weight excluding hydrogens is 438 g/mol. The molecule has 1 aromatic heterocycles. The minimum absolute atomic E-state index is 0.0450. The number of anilines is 1. The minimum atomic E-state index is -0.210. The standard InChI is InChI=1S/C25H32ClN5O2/c1-16-4-7-20(13-27-16)24(32)29-23-11-22(26)10-21(18(23)3)15-30-8-9-31(17(2)14-30)25(33)28-12-19-5-6-19/h4,7,10-11,13,17,19H,5-6,8-9,12,14-15H2,1-3H3,(H,28,33)(H,29,32). The number of carbonyl (C=O) groups is 2. The fourth-order valence-corrected chi connectivity index (χ4v) is 4.44. The van der Waals surface area contributed by atoms with Crippen molar-refractivity contribution in [2.75, 3.05) is 31.5 Å². The minimum Gasteiger partial charge on any atom is -0.338 e. The maximum Gasteiger partial charge on any atom is 0.317 e. The van der Waals surface area contributed by atoms with E-state index >= 15 is 0 Å². The van der Waals surface area contributed by atoms with E-state index in [4.69, 9.17) is 11.6 Å². The lowest BCUT2D eigenvalue weighted by atomic mass is 10.0. The van der Waals surface area contributed by atoms with Crippen LogP contribution < -0.4 is 10.6 Å². The van der Waals surface area contributed by atoms with Crippen LogP contribution in [0.4, 0.5) is 10.5 Å². The Labute approximate surface area is 200 Å². The summed E-state index contributed by atoms with van der Waals surface area (Å²) in [6.45, 7) is 9.76. The summed E-state index contributed by atoms with van der Waals surface area (Å²) in [4.78, 5) is 33.7. The van der Waals surface area contributed by atoms with Gasteiger partial charge < -0.3 is 15.5 Å². The summed E-state index contributed by atoms with van der Waals surface area (Å²) in [6.07, 6.45) is 4.03. The fourth-order valence-electron chi connectivity index (χ4n) is 4.20. The zero-order valence-corrected chi connectivity index (χ0v) is 20.3. The number of halogens is 1. The van der Waals surface area contributed by atoms with Gasteiger partial charge in [0, 0.05) is 61.4 Å². The molecule has 0 bridgehead atoms. The summed E-state index contributed by atoms with van der Waals surface area (Å²) in [7, 11) is 0. The molecule has 1 unspecified atom stereocenters. The number of hydrogen-bond acceptors (Lipinski definition) is 4. The van der Waals surface area contributed by atoms with Gasteiger partial charge in [-0.3, -0.25) is 14.7 Å². The van der Waals surface area contributed by atoms with Gasteiger partial charge in [0.2, 0.25) is 0 Å². The van der Waals surface area contributed by atoms with Crippen LogP contribution in [0.1, 0.15) is 46.9 Å². The van der Waals surface area contributed by atoms with E-state index in [-0.39, 0.29) is 18.0 Å². The third-order valence-corrected chi connectivity index (χ3v) is 6.73. The monoisotopic (exact) mass is 469 g/mol. The number of aromatic nitrogens is 1. The number of carbonyl (C=O) groups excluding carboxylic acids is 2. The van der Waals surface area contributed by atoms with Crippen molar-refractivity contribution in [1.29, 1.82) is 0 Å². The van der Waals surface area contributed by atoms with E-state index in [1.165, 1.54) is 12.8 Å². The van der Waals surface area contributed by atoms with Crippen LogP contribution in [0, 0.1) is 19.8 Å². The number of nitrogens with one attached hydrogen (secondary N) is 2. The van der Waals surface area contributed by atoms with E-state index < -0.39 is 0 Å². The summed E-state index contributed by atoms with van der Waals surface area (Å²) in [6, 6.07) is 7.50. The summed E-state index contributed by atoms with van der Waals surface area (Å²) >= 11 is 6.41. The van der Waals surface area contributed by atoms with Crippen molar-refractivity contribution in [3.63, 3.8) is 0 Å². The Kier molecular flexibility index (Phi) is 7.20. The molecule has 176 valence electrons. The molecule has 2 N–H and O–H groups in total. The highest BCUT2D eigenvalue weighted by molar-refractivity contribution is 6.31. The van der Waals surface area contributed by atoms with Gasteiger partial charge in [-0.05, 0) is 74.9 Å². The van der Waals surface area contributed by atoms with Crippen LogP contribution in [0.25, 0.3) is 0 Å². The van der Waals surface area contributed by atoms with Gasteiger partial charge in [-0.15, -0.1) is 0 Å². The molecule has 2 heterocycles. The molecule has 8 heteroatoms. The lowest BCUT2D eigenvalue weighted by Gasteiger charge is -2.40. The number of piperazine rings is 1. The van der Waals surface area contributed by atoms with Gasteiger partial charge in [-0.2, -0.15) is 0 Å². The van der Waals surface area contributed by atoms with Crippen LogP contribution in [0.15, 0.2) is 30.5 Å². The fraction of sp³-hybridized carbons (Fsp3) is 0.480. The van der Waals surface area contributed by atoms with Crippen LogP contribution in [0.5, 0.6) is 0 Å². The molecule has 1 saturated carbocycles. The van der Waals surface area contributed by atoms with Gasteiger partial charge in [0.15, 0.2) is 0 Å². The van der Waals surface area contributed by atoms with Gasteiger partial charge in [0.05, 0.1) is 5.56 Å². The molecule has 1 saturated heterocycles. The maximum absolute atomic E-state index is 12.7. The van der Waals surface area contributed by atoms with Crippen LogP contribution >= 0.6 is 11.6 Å². The third kappa shape index (κ3) is 6.03. The zero-order valence-electron chi connectivity index (χ0n) is 19.5. The number of nitrogens with zero attached hydrogens (tertiary/aromatic N) is 3. The van der Waals surface area contributed by atoms with Gasteiger partial charge >= 0.3 is 6.03 Å². The predicted molar refractivity (Wildman–Crippen MR) is 131 cm³/mol. The highest BCUT2D eigenvalue weighted by Gasteiger charge is 2.29. The smallest absolute Gasteiger partial charge is 0.317 e. The summed E-state index contributed by atoms with van der Waals surface area (Å²) < 4.78 is 0. The number of aryl methyl sites for hydroxylation is 1. The van der Waals surface area contributed by atoms with Crippen molar-refractivity contribution < 1.29 is 9.59 Å². The first-order chi connectivity index (χ1) is 15.8. The molecule has 2 fully saturated rings. The first-order valence-electron chi connectivity index (χ1n) is 11.6. The second-order valence-corrected chi connectivity index (χ2v) is 9.72. The average molecular weight is 470 g/mol. The molecule has 0 radical (unpaired) electrons. The molecule has 4 rings (SSSR count). The molecule has 1 aliphatic carbocycles. The molecule has 1 atom stereocenters. The molecule has 7 nitrogen and oxygen atoms in total. The Hall–Kier alpha value is -2.64. The van der Waals surface area contributed by atoms with Gasteiger partial charge in [-0.25, -0.2) is 4.79 Å². The van der Waals surface area contributed by atoms with Crippen LogP contribution in [-0.2, 0) is 6.54 Å². The SMILES string of the molecule is Cc1ccc(C(=O)Nc2cc(Cl)cc(CN3CCN(C(=O)NCC4CC4)C(C)C3)c2C)cn1. The largest absolute Gasteiger partial charge is 0.338 e. The predicted octanol–water partition coefficient (Wildman–Crippen LogP) is 4.23. The Morgan fingerprint density at radius 2 is 1.97 bits per heavy atom. The Morgan fingerprint density at radius 1 is 1.18 bits per heavy atom. The van der Waals surface area contributed by atoms with Crippen molar-refractivity contribution in [2.45, 2.75) is 46.2 Å². The first kappa shape index (κ1) is 23.5. The Morgan fingerprint density at radius 3 is 2.64 bits per heavy atom. The number of amides is 3. The van der Waals surface area contributed by atoms with Crippen molar-refractivity contribution >= 4 is 29.2 Å². The van der Waals surface area contributed by atoms with Crippen molar-refractivity contribution in [1.82, 2.24) is 20.1 Å². The highest BCUT2D eigenvalue weighted by atomic mass is 35.5. The van der Waals surface area contributed by atoms with E-state index in [9.17, 15) is 9.59 Å². The second-order valence-electron chi connectivity index (χ2n) is 9.29. The lowest BCUT2D eigenvalue weighted by molar-refractivity contribution is 0.0973. The molecule has 33 heavy (non-hydrogen) atoms. The van der Waals surface area contributed by atoms with Crippen LogP contribution in [-0.4, -0.2) is 58.9 Å². The number of hydrogen-bond donors (Lipinski definition) is 2. The van der Waals surface area contributed by atoms with E-state index in [2.05, 4.69) is 27.4 Å². The quantitative estimate of drug-likeness (QED) is 0.663. The van der Waals surface area contributed by atoms with Gasteiger partial charge in [0.1, 0.15) is 0 Å². The van der Waals surface area contributed by atoms with Crippen LogP contribution in [0.2, 0.25) is 5.02 Å². The molecule has 0 spiro atoms. The second kappa shape index (κ2) is 10.1. The molecule has 2 aromatic rings. The van der Waals surface area contributed by atoms with Crippen LogP contribution in [0.3, 0.4) is 0 Å². The molecule has 2 aliphatic rings. The third-order valence-electron chi connectivity index (χ3n) is 6.51. The normalized spacial score (nSPS) is 18.8. The summed E-state index contributed by atoms with van der Waals surface area (Å²) in [5.74, 6) is 0.464. The number of pyridine rings is 1. The van der Waals surface area contributed by atoms with Gasteiger partial charge in [0.25, 0.3) is 5.91 Å². The molecule has 3 amide bonds.